The summed E-state index contributed by atoms with van der Waals surface area (Å²) in [6, 6.07) is 0. The lowest BCUT2D eigenvalue weighted by Crippen LogP contribution is -2.40. The van der Waals surface area contributed by atoms with Crippen LogP contribution < -0.4 is 0 Å². The minimum atomic E-state index is -0.838. The zero-order valence-electron chi connectivity index (χ0n) is 14.1. The van der Waals surface area contributed by atoms with E-state index in [1.165, 1.54) is 0 Å². The molecule has 0 aliphatic rings. The molecule has 0 saturated heterocycles. The van der Waals surface area contributed by atoms with Gasteiger partial charge in [-0.15, -0.1) is 0 Å². The molecule has 4 heteroatoms. The molecule has 0 fully saturated rings. The molecule has 0 atom stereocenters. The minimum Gasteiger partial charge on any atom is -0.424 e. The smallest absolute Gasteiger partial charge is 0.311 e. The van der Waals surface area contributed by atoms with Crippen LogP contribution in [-0.2, 0) is 19.1 Å². The van der Waals surface area contributed by atoms with Crippen molar-refractivity contribution in [3.05, 3.63) is 0 Å². The fourth-order valence-electron chi connectivity index (χ4n) is 1.97. The largest absolute Gasteiger partial charge is 0.424 e. The first-order valence-corrected chi connectivity index (χ1v) is 7.38. The van der Waals surface area contributed by atoms with Crippen LogP contribution >= 0.6 is 0 Å². The van der Waals surface area contributed by atoms with E-state index in [-0.39, 0.29) is 23.8 Å². The SMILES string of the molecule is CC(C)CC(C)(C)C(OC(=O)C(C)C)OC(=O)C(C)C. The second-order valence-electron chi connectivity index (χ2n) is 7.10. The average Bonchev–Trinajstić information content (AvgIpc) is 2.25. The summed E-state index contributed by atoms with van der Waals surface area (Å²) in [5.74, 6) is -0.759. The van der Waals surface area contributed by atoms with Gasteiger partial charge in [0.05, 0.1) is 11.8 Å². The van der Waals surface area contributed by atoms with E-state index in [0.717, 1.165) is 6.42 Å². The average molecular weight is 286 g/mol. The highest BCUT2D eigenvalue weighted by atomic mass is 16.7. The molecule has 0 aromatic heterocycles. The van der Waals surface area contributed by atoms with Crippen LogP contribution in [0.15, 0.2) is 0 Å². The Morgan fingerprint density at radius 2 is 1.20 bits per heavy atom. The summed E-state index contributed by atoms with van der Waals surface area (Å²) >= 11 is 0. The number of hydrogen-bond acceptors (Lipinski definition) is 4. The Bertz CT molecular complexity index is 307. The van der Waals surface area contributed by atoms with Gasteiger partial charge in [0.25, 0.3) is 6.29 Å². The molecule has 4 nitrogen and oxygen atoms in total. The van der Waals surface area contributed by atoms with Gasteiger partial charge < -0.3 is 9.47 Å². The van der Waals surface area contributed by atoms with Crippen molar-refractivity contribution in [1.29, 1.82) is 0 Å². The zero-order valence-corrected chi connectivity index (χ0v) is 14.1. The lowest BCUT2D eigenvalue weighted by atomic mass is 9.83. The third-order valence-electron chi connectivity index (χ3n) is 2.96. The van der Waals surface area contributed by atoms with Crippen LogP contribution in [0.2, 0.25) is 0 Å². The molecule has 0 rings (SSSR count). The number of carbonyl (C=O) groups excluding carboxylic acids is 2. The van der Waals surface area contributed by atoms with Gasteiger partial charge >= 0.3 is 11.9 Å². The molecule has 0 aromatic rings. The molecular weight excluding hydrogens is 256 g/mol. The molecule has 0 bridgehead atoms. The minimum absolute atomic E-state index is 0.245. The summed E-state index contributed by atoms with van der Waals surface area (Å²) in [4.78, 5) is 23.6. The van der Waals surface area contributed by atoms with Crippen molar-refractivity contribution in [3.8, 4) is 0 Å². The van der Waals surface area contributed by atoms with Crippen LogP contribution in [0.3, 0.4) is 0 Å². The summed E-state index contributed by atoms with van der Waals surface area (Å²) in [5, 5.41) is 0. The fourth-order valence-corrected chi connectivity index (χ4v) is 1.97. The van der Waals surface area contributed by atoms with Gasteiger partial charge in [-0.2, -0.15) is 0 Å². The maximum absolute atomic E-state index is 11.8. The first-order chi connectivity index (χ1) is 8.97. The third kappa shape index (κ3) is 6.40. The summed E-state index contributed by atoms with van der Waals surface area (Å²) in [5.41, 5.74) is -0.413. The summed E-state index contributed by atoms with van der Waals surface area (Å²) < 4.78 is 10.8. The number of rotatable bonds is 7. The summed E-state index contributed by atoms with van der Waals surface area (Å²) in [7, 11) is 0. The predicted octanol–water partition coefficient (Wildman–Crippen LogP) is 3.78. The van der Waals surface area contributed by atoms with Crippen LogP contribution in [0.1, 0.15) is 61.8 Å². The highest BCUT2D eigenvalue weighted by Gasteiger charge is 2.37. The summed E-state index contributed by atoms with van der Waals surface area (Å²) in [6.45, 7) is 15.1. The lowest BCUT2D eigenvalue weighted by molar-refractivity contribution is -0.215. The van der Waals surface area contributed by atoms with Gasteiger partial charge in [-0.3, -0.25) is 9.59 Å². The standard InChI is InChI=1S/C16H30O4/c1-10(2)9-16(7,8)15(19-13(17)11(3)4)20-14(18)12(5)6/h10-12,15H,9H2,1-8H3. The van der Waals surface area contributed by atoms with E-state index in [1.54, 1.807) is 27.7 Å². The molecule has 0 aromatic carbocycles. The van der Waals surface area contributed by atoms with E-state index in [1.807, 2.05) is 13.8 Å². The normalized spacial score (nSPS) is 12.4. The van der Waals surface area contributed by atoms with Crippen molar-refractivity contribution in [1.82, 2.24) is 0 Å². The van der Waals surface area contributed by atoms with Gasteiger partial charge in [0.15, 0.2) is 0 Å². The number of carbonyl (C=O) groups is 2. The molecule has 0 aliphatic carbocycles. The van der Waals surface area contributed by atoms with Crippen molar-refractivity contribution >= 4 is 11.9 Å². The van der Waals surface area contributed by atoms with Crippen molar-refractivity contribution in [2.75, 3.05) is 0 Å². The molecule has 20 heavy (non-hydrogen) atoms. The number of esters is 2. The molecule has 0 unspecified atom stereocenters. The van der Waals surface area contributed by atoms with Gasteiger partial charge in [0.1, 0.15) is 0 Å². The van der Waals surface area contributed by atoms with Crippen LogP contribution in [-0.4, -0.2) is 18.2 Å². The van der Waals surface area contributed by atoms with E-state index >= 15 is 0 Å². The first kappa shape index (κ1) is 18.9. The van der Waals surface area contributed by atoms with Crippen LogP contribution in [0.25, 0.3) is 0 Å². The Kier molecular flexibility index (Phi) is 7.25. The van der Waals surface area contributed by atoms with E-state index in [9.17, 15) is 9.59 Å². The van der Waals surface area contributed by atoms with Crippen molar-refractivity contribution in [2.24, 2.45) is 23.2 Å². The quantitative estimate of drug-likeness (QED) is 0.528. The van der Waals surface area contributed by atoms with Gasteiger partial charge in [-0.1, -0.05) is 55.4 Å². The summed E-state index contributed by atoms with van der Waals surface area (Å²) in [6.07, 6.45) is -0.0382. The number of hydrogen-bond donors (Lipinski definition) is 0. The van der Waals surface area contributed by atoms with E-state index < -0.39 is 11.7 Å². The van der Waals surface area contributed by atoms with E-state index in [0.29, 0.717) is 5.92 Å². The van der Waals surface area contributed by atoms with Gasteiger partial charge in [0.2, 0.25) is 0 Å². The second-order valence-corrected chi connectivity index (χ2v) is 7.10. The van der Waals surface area contributed by atoms with Crippen LogP contribution in [0.5, 0.6) is 0 Å². The topological polar surface area (TPSA) is 52.6 Å². The Labute approximate surface area is 123 Å². The maximum Gasteiger partial charge on any atom is 0.311 e. The molecule has 0 heterocycles. The fraction of sp³-hybridized carbons (Fsp3) is 0.875. The van der Waals surface area contributed by atoms with Gasteiger partial charge in [-0.05, 0) is 12.3 Å². The Hall–Kier alpha value is -1.06. The molecule has 0 N–H and O–H groups in total. The monoisotopic (exact) mass is 286 g/mol. The predicted molar refractivity (Wildman–Crippen MR) is 78.9 cm³/mol. The van der Waals surface area contributed by atoms with Crippen molar-refractivity contribution in [2.45, 2.75) is 68.1 Å². The lowest BCUT2D eigenvalue weighted by Gasteiger charge is -2.35. The van der Waals surface area contributed by atoms with Gasteiger partial charge in [-0.25, -0.2) is 0 Å². The van der Waals surface area contributed by atoms with Crippen LogP contribution in [0, 0.1) is 23.2 Å². The molecular formula is C16H30O4. The van der Waals surface area contributed by atoms with Gasteiger partial charge in [0, 0.05) is 5.41 Å². The third-order valence-corrected chi connectivity index (χ3v) is 2.96. The van der Waals surface area contributed by atoms with Crippen molar-refractivity contribution in [3.63, 3.8) is 0 Å². The van der Waals surface area contributed by atoms with Crippen molar-refractivity contribution < 1.29 is 19.1 Å². The highest BCUT2D eigenvalue weighted by molar-refractivity contribution is 5.73. The highest BCUT2D eigenvalue weighted by Crippen LogP contribution is 2.33. The number of ether oxygens (including phenoxy) is 2. The molecule has 0 saturated carbocycles. The zero-order chi connectivity index (χ0) is 16.1. The Morgan fingerprint density at radius 3 is 1.45 bits per heavy atom. The van der Waals surface area contributed by atoms with Crippen LogP contribution in [0.4, 0.5) is 0 Å². The molecule has 0 spiro atoms. The Balaban J connectivity index is 5.04. The molecule has 0 aliphatic heterocycles. The second kappa shape index (κ2) is 7.65. The molecule has 0 amide bonds. The van der Waals surface area contributed by atoms with E-state index in [2.05, 4.69) is 13.8 Å². The molecule has 118 valence electrons. The Morgan fingerprint density at radius 1 is 0.850 bits per heavy atom. The molecule has 0 radical (unpaired) electrons. The first-order valence-electron chi connectivity index (χ1n) is 7.38. The van der Waals surface area contributed by atoms with E-state index in [4.69, 9.17) is 9.47 Å². The maximum atomic E-state index is 11.8.